The summed E-state index contributed by atoms with van der Waals surface area (Å²) in [5.74, 6) is 0.844. The van der Waals surface area contributed by atoms with Gasteiger partial charge in [0.2, 0.25) is 5.91 Å². The van der Waals surface area contributed by atoms with Gasteiger partial charge in [-0.2, -0.15) is 0 Å². The van der Waals surface area contributed by atoms with Gasteiger partial charge in [-0.3, -0.25) is 14.3 Å². The number of hydrogen-bond donors (Lipinski definition) is 1. The first-order valence-electron chi connectivity index (χ1n) is 5.90. The van der Waals surface area contributed by atoms with E-state index in [2.05, 4.69) is 12.2 Å². The molecule has 0 radical (unpaired) electrons. The van der Waals surface area contributed by atoms with Crippen LogP contribution in [-0.4, -0.2) is 45.8 Å². The Kier molecular flexibility index (Phi) is 5.41. The lowest BCUT2D eigenvalue weighted by molar-refractivity contribution is -0.130. The average Bonchev–Trinajstić information content (AvgIpc) is 2.57. The second-order valence-electron chi connectivity index (χ2n) is 4.40. The van der Waals surface area contributed by atoms with E-state index in [4.69, 9.17) is 0 Å². The van der Waals surface area contributed by atoms with Crippen molar-refractivity contribution in [2.75, 3.05) is 18.6 Å². The number of carbonyl (C=O) groups is 1. The predicted octanol–water partition coefficient (Wildman–Crippen LogP) is 0.701. The van der Waals surface area contributed by atoms with Crippen molar-refractivity contribution in [2.24, 2.45) is 0 Å². The molecule has 1 aliphatic rings. The zero-order chi connectivity index (χ0) is 12.1. The largest absolute Gasteiger partial charge is 0.323 e. The second kappa shape index (κ2) is 6.35. The van der Waals surface area contributed by atoms with Gasteiger partial charge >= 0.3 is 0 Å². The van der Waals surface area contributed by atoms with Crippen LogP contribution in [0.25, 0.3) is 0 Å². The van der Waals surface area contributed by atoms with Crippen molar-refractivity contribution in [1.29, 1.82) is 0 Å². The third-order valence-electron chi connectivity index (χ3n) is 2.97. The predicted molar refractivity (Wildman–Crippen MR) is 66.6 cm³/mol. The van der Waals surface area contributed by atoms with Crippen LogP contribution in [0.5, 0.6) is 0 Å². The molecule has 1 amide bonds. The minimum Gasteiger partial charge on any atom is -0.323 e. The van der Waals surface area contributed by atoms with E-state index >= 15 is 0 Å². The van der Waals surface area contributed by atoms with Crippen molar-refractivity contribution in [1.82, 2.24) is 10.2 Å². The number of nitrogens with zero attached hydrogens (tertiary/aromatic N) is 1. The van der Waals surface area contributed by atoms with Crippen LogP contribution >= 0.6 is 0 Å². The number of carbonyl (C=O) groups excluding carboxylic acids is 1. The molecule has 0 spiro atoms. The molecule has 1 N–H and O–H groups in total. The lowest BCUT2D eigenvalue weighted by atomic mass is 10.2. The third-order valence-corrected chi connectivity index (χ3v) is 3.78. The normalized spacial score (nSPS) is 24.8. The molecule has 94 valence electrons. The molecule has 3 unspecified atom stereocenters. The molecule has 3 atom stereocenters. The zero-order valence-corrected chi connectivity index (χ0v) is 11.2. The molecule has 0 aromatic heterocycles. The van der Waals surface area contributed by atoms with E-state index < -0.39 is 10.8 Å². The van der Waals surface area contributed by atoms with E-state index in [9.17, 15) is 9.00 Å². The first-order chi connectivity index (χ1) is 7.56. The summed E-state index contributed by atoms with van der Waals surface area (Å²) in [6.07, 6.45) is 4.76. The maximum atomic E-state index is 11.7. The standard InChI is InChI=1S/C11H22N2O2S/c1-4-5-10-12-8-11(14)13(10)9(2)6-7-16(3)15/h9-10,12H,4-8H2,1-3H3. The Bertz CT molecular complexity index is 271. The summed E-state index contributed by atoms with van der Waals surface area (Å²) in [5, 5.41) is 3.23. The van der Waals surface area contributed by atoms with Crippen molar-refractivity contribution >= 4 is 16.7 Å². The maximum absolute atomic E-state index is 11.7. The molecule has 0 aromatic carbocycles. The Morgan fingerprint density at radius 1 is 1.62 bits per heavy atom. The van der Waals surface area contributed by atoms with Crippen LogP contribution < -0.4 is 5.32 Å². The van der Waals surface area contributed by atoms with Crippen molar-refractivity contribution < 1.29 is 9.00 Å². The van der Waals surface area contributed by atoms with Crippen LogP contribution in [0.4, 0.5) is 0 Å². The smallest absolute Gasteiger partial charge is 0.238 e. The maximum Gasteiger partial charge on any atom is 0.238 e. The molecule has 16 heavy (non-hydrogen) atoms. The van der Waals surface area contributed by atoms with Gasteiger partial charge in [-0.15, -0.1) is 0 Å². The van der Waals surface area contributed by atoms with Crippen LogP contribution in [0.1, 0.15) is 33.1 Å². The number of rotatable bonds is 6. The fourth-order valence-electron chi connectivity index (χ4n) is 2.11. The van der Waals surface area contributed by atoms with Gasteiger partial charge in [-0.1, -0.05) is 13.3 Å². The molecule has 5 heteroatoms. The summed E-state index contributed by atoms with van der Waals surface area (Å²) in [6, 6.07) is 0.183. The molecule has 1 saturated heterocycles. The summed E-state index contributed by atoms with van der Waals surface area (Å²) in [6.45, 7) is 4.61. The fourth-order valence-corrected chi connectivity index (χ4v) is 2.78. The Hall–Kier alpha value is -0.420. The Morgan fingerprint density at radius 3 is 2.88 bits per heavy atom. The zero-order valence-electron chi connectivity index (χ0n) is 10.4. The van der Waals surface area contributed by atoms with E-state index in [1.165, 1.54) is 0 Å². The third kappa shape index (κ3) is 3.56. The lowest BCUT2D eigenvalue weighted by Gasteiger charge is -2.30. The van der Waals surface area contributed by atoms with Crippen molar-refractivity contribution in [3.63, 3.8) is 0 Å². The molecule has 0 aliphatic carbocycles. The van der Waals surface area contributed by atoms with Gasteiger partial charge < -0.3 is 4.90 Å². The monoisotopic (exact) mass is 246 g/mol. The van der Waals surface area contributed by atoms with Crippen LogP contribution in [-0.2, 0) is 15.6 Å². The lowest BCUT2D eigenvalue weighted by Crippen LogP contribution is -2.43. The average molecular weight is 246 g/mol. The van der Waals surface area contributed by atoms with Gasteiger partial charge in [0.15, 0.2) is 0 Å². The Labute approximate surface area is 100 Å². The van der Waals surface area contributed by atoms with Crippen molar-refractivity contribution in [3.8, 4) is 0 Å². The van der Waals surface area contributed by atoms with E-state index in [0.29, 0.717) is 12.3 Å². The summed E-state index contributed by atoms with van der Waals surface area (Å²) in [4.78, 5) is 13.7. The molecule has 1 heterocycles. The SMILES string of the molecule is CCCC1NCC(=O)N1C(C)CCS(C)=O. The number of nitrogens with one attached hydrogen (secondary N) is 1. The first-order valence-corrected chi connectivity index (χ1v) is 7.63. The molecule has 0 bridgehead atoms. The van der Waals surface area contributed by atoms with Crippen LogP contribution in [0, 0.1) is 0 Å². The molecule has 0 aromatic rings. The van der Waals surface area contributed by atoms with Gasteiger partial charge in [-0.05, 0) is 19.8 Å². The summed E-state index contributed by atoms with van der Waals surface area (Å²) < 4.78 is 11.0. The van der Waals surface area contributed by atoms with Crippen LogP contribution in [0.15, 0.2) is 0 Å². The number of hydrogen-bond acceptors (Lipinski definition) is 3. The first kappa shape index (κ1) is 13.6. The molecule has 1 fully saturated rings. The highest BCUT2D eigenvalue weighted by Crippen LogP contribution is 2.16. The number of amides is 1. The Balaban J connectivity index is 2.53. The van der Waals surface area contributed by atoms with Gasteiger partial charge in [0.05, 0.1) is 12.7 Å². The highest BCUT2D eigenvalue weighted by Gasteiger charge is 2.32. The summed E-state index contributed by atoms with van der Waals surface area (Å²) >= 11 is 0. The van der Waals surface area contributed by atoms with Gasteiger partial charge in [-0.25, -0.2) is 0 Å². The summed E-state index contributed by atoms with van der Waals surface area (Å²) in [7, 11) is -0.771. The highest BCUT2D eigenvalue weighted by atomic mass is 32.2. The van der Waals surface area contributed by atoms with E-state index in [1.54, 1.807) is 6.26 Å². The molecule has 1 rings (SSSR count). The molecule has 1 aliphatic heterocycles. The van der Waals surface area contributed by atoms with E-state index in [-0.39, 0.29) is 18.1 Å². The van der Waals surface area contributed by atoms with E-state index in [1.807, 2.05) is 11.8 Å². The van der Waals surface area contributed by atoms with Crippen LogP contribution in [0.3, 0.4) is 0 Å². The minimum atomic E-state index is -0.771. The molecule has 4 nitrogen and oxygen atoms in total. The van der Waals surface area contributed by atoms with Crippen molar-refractivity contribution in [2.45, 2.75) is 45.3 Å². The van der Waals surface area contributed by atoms with Crippen molar-refractivity contribution in [3.05, 3.63) is 0 Å². The molecular weight excluding hydrogens is 224 g/mol. The summed E-state index contributed by atoms with van der Waals surface area (Å²) in [5.41, 5.74) is 0. The van der Waals surface area contributed by atoms with Gasteiger partial charge in [0.25, 0.3) is 0 Å². The minimum absolute atomic E-state index is 0.174. The van der Waals surface area contributed by atoms with Gasteiger partial charge in [0.1, 0.15) is 0 Å². The van der Waals surface area contributed by atoms with E-state index in [0.717, 1.165) is 19.3 Å². The molecular formula is C11H22N2O2S. The topological polar surface area (TPSA) is 49.4 Å². The molecule has 0 saturated carbocycles. The van der Waals surface area contributed by atoms with Crippen LogP contribution in [0.2, 0.25) is 0 Å². The fraction of sp³-hybridized carbons (Fsp3) is 0.909. The highest BCUT2D eigenvalue weighted by molar-refractivity contribution is 7.84. The second-order valence-corrected chi connectivity index (χ2v) is 5.96. The Morgan fingerprint density at radius 2 is 2.31 bits per heavy atom. The van der Waals surface area contributed by atoms with Gasteiger partial charge in [0, 0.05) is 28.9 Å². The quantitative estimate of drug-likeness (QED) is 0.750.